The first-order chi connectivity index (χ1) is 22.6. The van der Waals surface area contributed by atoms with Crippen molar-refractivity contribution < 1.29 is 38.1 Å². The van der Waals surface area contributed by atoms with E-state index in [9.17, 15) is 24.2 Å². The number of ether oxygens (including phenoxy) is 2. The number of halogens is 2. The van der Waals surface area contributed by atoms with E-state index in [1.807, 2.05) is 6.07 Å². The van der Waals surface area contributed by atoms with Crippen LogP contribution in [0.4, 0.5) is 8.78 Å². The summed E-state index contributed by atoms with van der Waals surface area (Å²) in [6.45, 7) is 3.95. The van der Waals surface area contributed by atoms with E-state index in [0.717, 1.165) is 6.07 Å². The Morgan fingerprint density at radius 3 is 2.32 bits per heavy atom. The summed E-state index contributed by atoms with van der Waals surface area (Å²) in [5.41, 5.74) is 2.35. The second-order valence-corrected chi connectivity index (χ2v) is 10.5. The zero-order valence-corrected chi connectivity index (χ0v) is 25.9. The monoisotopic (exact) mass is 642 g/mol. The lowest BCUT2D eigenvalue weighted by atomic mass is 10.1. The van der Waals surface area contributed by atoms with Crippen molar-refractivity contribution in [2.45, 2.75) is 45.9 Å². The van der Waals surface area contributed by atoms with Crippen LogP contribution in [-0.2, 0) is 29.1 Å². The first kappa shape index (κ1) is 34.2. The molecule has 1 unspecified atom stereocenters. The first-order valence-electron chi connectivity index (χ1n) is 14.6. The van der Waals surface area contributed by atoms with Gasteiger partial charge in [0.05, 0.1) is 40.5 Å². The van der Waals surface area contributed by atoms with Crippen molar-refractivity contribution in [2.75, 3.05) is 7.11 Å². The van der Waals surface area contributed by atoms with Crippen LogP contribution in [0.25, 0.3) is 22.3 Å². The van der Waals surface area contributed by atoms with Crippen molar-refractivity contribution in [2.24, 2.45) is 0 Å². The van der Waals surface area contributed by atoms with Crippen molar-refractivity contribution in [3.63, 3.8) is 0 Å². The number of hydrogen-bond donors (Lipinski definition) is 2. The average molecular weight is 643 g/mol. The van der Waals surface area contributed by atoms with Crippen LogP contribution in [0.5, 0.6) is 5.88 Å². The lowest BCUT2D eigenvalue weighted by Crippen LogP contribution is -2.28. The van der Waals surface area contributed by atoms with Gasteiger partial charge in [0.1, 0.15) is 24.1 Å². The van der Waals surface area contributed by atoms with Gasteiger partial charge in [0.2, 0.25) is 5.88 Å². The number of aromatic nitrogens is 3. The number of hydrogen-bond acceptors (Lipinski definition) is 7. The summed E-state index contributed by atoms with van der Waals surface area (Å²) in [6, 6.07) is 19.7. The number of nitriles is 1. The van der Waals surface area contributed by atoms with Crippen molar-refractivity contribution in [3.8, 4) is 23.2 Å². The largest absolute Gasteiger partial charge is 0.479 e. The Kier molecular flexibility index (Phi) is 11.3. The number of methoxy groups -OCH3 is 1. The molecule has 10 nitrogen and oxygen atoms in total. The highest BCUT2D eigenvalue weighted by Crippen LogP contribution is 2.26. The molecule has 47 heavy (non-hydrogen) atoms. The fourth-order valence-electron chi connectivity index (χ4n) is 4.63. The Balaban J connectivity index is 0.00000160. The predicted octanol–water partition coefficient (Wildman–Crippen LogP) is 6.63. The molecule has 0 amide bonds. The summed E-state index contributed by atoms with van der Waals surface area (Å²) < 4.78 is 41.9. The molecule has 0 radical (unpaired) electrons. The highest BCUT2D eigenvalue weighted by Gasteiger charge is 2.22. The molecule has 2 heterocycles. The smallest absolute Gasteiger partial charge is 0.335 e. The van der Waals surface area contributed by atoms with Crippen molar-refractivity contribution in [3.05, 3.63) is 113 Å². The van der Waals surface area contributed by atoms with Crippen molar-refractivity contribution in [1.29, 1.82) is 5.26 Å². The minimum Gasteiger partial charge on any atom is -0.479 e. The molecule has 1 atom stereocenters. The fraction of sp³-hybridized carbons (Fsp3) is 0.229. The Hall–Kier alpha value is -5.67. The molecule has 0 spiro atoms. The van der Waals surface area contributed by atoms with Gasteiger partial charge in [-0.25, -0.2) is 28.3 Å². The number of imidazole rings is 1. The van der Waals surface area contributed by atoms with E-state index >= 15 is 4.39 Å². The third kappa shape index (κ3) is 8.33. The van der Waals surface area contributed by atoms with Gasteiger partial charge in [-0.3, -0.25) is 0 Å². The molecule has 0 aliphatic carbocycles. The molecule has 242 valence electrons. The second-order valence-electron chi connectivity index (χ2n) is 10.5. The second kappa shape index (κ2) is 15.6. The summed E-state index contributed by atoms with van der Waals surface area (Å²) in [6.07, 6.45) is -0.0211. The SMILES string of the molecule is CCC.COC(Cn1c(Cc2ccc(-c3cccc(OCc4ccc(C#N)cc4F)n3)cc2F)nc2ccc(C(=O)O)cc21)C(=O)O. The van der Waals surface area contributed by atoms with Crippen LogP contribution in [0.2, 0.25) is 0 Å². The molecule has 2 N–H and O–H groups in total. The van der Waals surface area contributed by atoms with E-state index in [0.29, 0.717) is 28.1 Å². The number of carbonyl (C=O) groups is 2. The van der Waals surface area contributed by atoms with Gasteiger partial charge in [-0.1, -0.05) is 44.5 Å². The molecule has 0 saturated carbocycles. The van der Waals surface area contributed by atoms with Gasteiger partial charge in [-0.15, -0.1) is 0 Å². The summed E-state index contributed by atoms with van der Waals surface area (Å²) in [5, 5.41) is 27.9. The number of carboxylic acid groups (broad SMARTS) is 2. The summed E-state index contributed by atoms with van der Waals surface area (Å²) in [4.78, 5) is 32.2. The zero-order valence-electron chi connectivity index (χ0n) is 25.9. The molecule has 2 aromatic heterocycles. The molecule has 3 aromatic carbocycles. The molecular formula is C35H32F2N4O6. The van der Waals surface area contributed by atoms with E-state index in [-0.39, 0.29) is 47.7 Å². The number of carboxylic acids is 2. The van der Waals surface area contributed by atoms with Gasteiger partial charge in [0.25, 0.3) is 0 Å². The predicted molar refractivity (Wildman–Crippen MR) is 169 cm³/mol. The summed E-state index contributed by atoms with van der Waals surface area (Å²) in [5.74, 6) is -3.01. The number of benzene rings is 3. The summed E-state index contributed by atoms with van der Waals surface area (Å²) >= 11 is 0. The average Bonchev–Trinajstić information content (AvgIpc) is 3.39. The summed E-state index contributed by atoms with van der Waals surface area (Å²) in [7, 11) is 1.25. The Bertz CT molecular complexity index is 1950. The van der Waals surface area contributed by atoms with Crippen LogP contribution in [0.3, 0.4) is 0 Å². The molecule has 0 fully saturated rings. The van der Waals surface area contributed by atoms with E-state index in [1.165, 1.54) is 54.5 Å². The maximum absolute atomic E-state index is 15.5. The van der Waals surface area contributed by atoms with Crippen LogP contribution >= 0.6 is 0 Å². The fourth-order valence-corrected chi connectivity index (χ4v) is 4.63. The van der Waals surface area contributed by atoms with E-state index < -0.39 is 29.7 Å². The maximum Gasteiger partial charge on any atom is 0.335 e. The number of aromatic carboxylic acids is 1. The Labute approximate surface area is 269 Å². The van der Waals surface area contributed by atoms with Crippen LogP contribution in [-0.4, -0.2) is 49.9 Å². The molecular weight excluding hydrogens is 610 g/mol. The molecule has 0 saturated heterocycles. The van der Waals surface area contributed by atoms with Gasteiger partial charge in [-0.05, 0) is 48.0 Å². The molecule has 5 aromatic rings. The van der Waals surface area contributed by atoms with E-state index in [2.05, 4.69) is 23.8 Å². The number of fused-ring (bicyclic) bond motifs is 1. The van der Waals surface area contributed by atoms with E-state index in [4.69, 9.17) is 14.7 Å². The standard InChI is InChI=1S/C32H24F2N4O6.C3H8/c1-43-28(32(41)42)16-38-27-13-21(31(39)40)9-10-26(27)36-29(38)14-19-7-8-20(12-24(19)34)25-3-2-4-30(37-25)44-17-22-6-5-18(15-35)11-23(22)33;1-3-2/h2-13,28H,14,16-17H2,1H3,(H,39,40)(H,41,42);3H2,1-2H3. The minimum atomic E-state index is -1.25. The van der Waals surface area contributed by atoms with Crippen LogP contribution in [0.15, 0.2) is 72.8 Å². The number of pyridine rings is 1. The lowest BCUT2D eigenvalue weighted by molar-refractivity contribution is -0.149. The normalized spacial score (nSPS) is 11.3. The van der Waals surface area contributed by atoms with Crippen LogP contribution < -0.4 is 4.74 Å². The Morgan fingerprint density at radius 1 is 0.957 bits per heavy atom. The highest BCUT2D eigenvalue weighted by molar-refractivity contribution is 5.92. The molecule has 0 aliphatic heterocycles. The van der Waals surface area contributed by atoms with Gasteiger partial charge < -0.3 is 24.3 Å². The number of rotatable bonds is 11. The van der Waals surface area contributed by atoms with E-state index in [1.54, 1.807) is 30.3 Å². The minimum absolute atomic E-state index is 0.00854. The first-order valence-corrected chi connectivity index (χ1v) is 14.6. The van der Waals surface area contributed by atoms with Crippen LogP contribution in [0.1, 0.15) is 53.1 Å². The maximum atomic E-state index is 15.5. The van der Waals surface area contributed by atoms with Gasteiger partial charge >= 0.3 is 11.9 Å². The number of aliphatic carboxylic acids is 1. The lowest BCUT2D eigenvalue weighted by Gasteiger charge is -2.15. The van der Waals surface area contributed by atoms with Gasteiger partial charge in [-0.2, -0.15) is 5.26 Å². The van der Waals surface area contributed by atoms with Gasteiger partial charge in [0, 0.05) is 30.7 Å². The van der Waals surface area contributed by atoms with Crippen molar-refractivity contribution >= 4 is 23.0 Å². The third-order valence-corrected chi connectivity index (χ3v) is 6.96. The van der Waals surface area contributed by atoms with Crippen molar-refractivity contribution in [1.82, 2.24) is 14.5 Å². The quantitative estimate of drug-likeness (QED) is 0.162. The third-order valence-electron chi connectivity index (χ3n) is 6.96. The van der Waals surface area contributed by atoms with Crippen LogP contribution in [0, 0.1) is 23.0 Å². The molecule has 0 bridgehead atoms. The van der Waals surface area contributed by atoms with Gasteiger partial charge in [0.15, 0.2) is 6.10 Å². The molecule has 0 aliphatic rings. The molecule has 12 heteroatoms. The number of nitrogens with zero attached hydrogens (tertiary/aromatic N) is 4. The molecule has 5 rings (SSSR count). The zero-order chi connectivity index (χ0) is 34.1. The topological polar surface area (TPSA) is 148 Å². The Morgan fingerprint density at radius 2 is 1.68 bits per heavy atom. The highest BCUT2D eigenvalue weighted by atomic mass is 19.1.